The van der Waals surface area contributed by atoms with Crippen molar-refractivity contribution in [1.29, 1.82) is 0 Å². The molecule has 8 heteroatoms. The molecule has 7 nitrogen and oxygen atoms in total. The third kappa shape index (κ3) is 10.4. The highest BCUT2D eigenvalue weighted by atomic mass is 35.5. The number of hydroxylamine groups is 2. The van der Waals surface area contributed by atoms with Gasteiger partial charge in [0.05, 0.1) is 34.4 Å². The fourth-order valence-electron chi connectivity index (χ4n) is 0.892. The van der Waals surface area contributed by atoms with E-state index in [0.29, 0.717) is 4.48 Å². The molecule has 0 aliphatic rings. The molecule has 0 aromatic heterocycles. The number of halogens is 1. The quantitative estimate of drug-likeness (QED) is 0.343. The van der Waals surface area contributed by atoms with Crippen molar-refractivity contribution in [1.82, 2.24) is 5.23 Å². The highest BCUT2D eigenvalue weighted by Gasteiger charge is 2.22. The van der Waals surface area contributed by atoms with Gasteiger partial charge in [-0.3, -0.25) is 4.79 Å². The number of carbonyl (C=O) groups is 1. The Morgan fingerprint density at radius 3 is 1.82 bits per heavy atom. The van der Waals surface area contributed by atoms with Crippen molar-refractivity contribution >= 4 is 5.91 Å². The van der Waals surface area contributed by atoms with Crippen LogP contribution in [0.25, 0.3) is 0 Å². The van der Waals surface area contributed by atoms with Crippen molar-refractivity contribution in [3.63, 3.8) is 0 Å². The van der Waals surface area contributed by atoms with E-state index in [0.717, 1.165) is 5.23 Å². The molecule has 0 saturated carbocycles. The maximum absolute atomic E-state index is 11.7. The first-order valence-electron chi connectivity index (χ1n) is 5.01. The SMILES string of the molecule is C[N+](C)(C)CC(=O)N(OCCO)OCCO.[Cl-]. The van der Waals surface area contributed by atoms with Gasteiger partial charge < -0.3 is 27.1 Å². The molecule has 104 valence electrons. The van der Waals surface area contributed by atoms with Gasteiger partial charge in [0.15, 0.2) is 6.54 Å². The number of likely N-dealkylation sites (N-methyl/N-ethyl adjacent to an activating group) is 1. The predicted octanol–water partition coefficient (Wildman–Crippen LogP) is -4.63. The summed E-state index contributed by atoms with van der Waals surface area (Å²) < 4.78 is 0.431. The van der Waals surface area contributed by atoms with Crippen LogP contribution in [0.15, 0.2) is 0 Å². The number of amides is 1. The molecule has 0 radical (unpaired) electrons. The van der Waals surface area contributed by atoms with Crippen molar-refractivity contribution in [3.05, 3.63) is 0 Å². The fourth-order valence-corrected chi connectivity index (χ4v) is 0.892. The molecule has 0 atom stereocenters. The number of hydrogen-bond acceptors (Lipinski definition) is 5. The molecule has 2 N–H and O–H groups in total. The first-order chi connectivity index (χ1) is 7.40. The van der Waals surface area contributed by atoms with Gasteiger partial charge >= 0.3 is 5.91 Å². The summed E-state index contributed by atoms with van der Waals surface area (Å²) in [6.45, 7) is -0.299. The van der Waals surface area contributed by atoms with Gasteiger partial charge in [-0.15, -0.1) is 0 Å². The summed E-state index contributed by atoms with van der Waals surface area (Å²) in [6.07, 6.45) is 0. The standard InChI is InChI=1S/C9H21N2O5.ClH/c1-11(2,3)8-9(14)10(15-6-4-12)16-7-5-13;/h12-13H,4-8H2,1-3H3;1H/q+1;/p-1. The van der Waals surface area contributed by atoms with Gasteiger partial charge in [-0.05, 0) is 0 Å². The van der Waals surface area contributed by atoms with Crippen molar-refractivity contribution in [2.75, 3.05) is 54.1 Å². The molecule has 17 heavy (non-hydrogen) atoms. The average Bonchev–Trinajstić information content (AvgIpc) is 2.15. The van der Waals surface area contributed by atoms with Gasteiger partial charge in [-0.1, -0.05) is 5.23 Å². The molecule has 0 aromatic rings. The molecule has 0 bridgehead atoms. The first-order valence-corrected chi connectivity index (χ1v) is 5.01. The zero-order valence-corrected chi connectivity index (χ0v) is 11.2. The molecular weight excluding hydrogens is 252 g/mol. The summed E-state index contributed by atoms with van der Waals surface area (Å²) in [7, 11) is 5.57. The number of nitrogens with zero attached hydrogens (tertiary/aromatic N) is 2. The average molecular weight is 273 g/mol. The van der Waals surface area contributed by atoms with Crippen LogP contribution in [0, 0.1) is 0 Å². The van der Waals surface area contributed by atoms with E-state index in [-0.39, 0.29) is 51.3 Å². The summed E-state index contributed by atoms with van der Waals surface area (Å²) in [6, 6.07) is 0. The summed E-state index contributed by atoms with van der Waals surface area (Å²) in [4.78, 5) is 21.5. The Bertz CT molecular complexity index is 202. The molecule has 0 fully saturated rings. The molecule has 0 unspecified atom stereocenters. The Morgan fingerprint density at radius 1 is 1.12 bits per heavy atom. The minimum atomic E-state index is -0.366. The third-order valence-corrected chi connectivity index (χ3v) is 1.41. The molecule has 0 aromatic carbocycles. The first kappa shape index (κ1) is 18.9. The second kappa shape index (κ2) is 9.58. The number of hydrogen-bond donors (Lipinski definition) is 2. The number of carbonyl (C=O) groups excluding carboxylic acids is 1. The monoisotopic (exact) mass is 272 g/mol. The Labute approximate surface area is 107 Å². The van der Waals surface area contributed by atoms with E-state index in [4.69, 9.17) is 19.9 Å². The molecular formula is C9H21ClN2O5. The summed E-state index contributed by atoms with van der Waals surface area (Å²) in [5.41, 5.74) is 0. The van der Waals surface area contributed by atoms with Crippen LogP contribution in [-0.4, -0.2) is 79.9 Å². The van der Waals surface area contributed by atoms with Gasteiger partial charge in [0.25, 0.3) is 0 Å². The summed E-state index contributed by atoms with van der Waals surface area (Å²) >= 11 is 0. The summed E-state index contributed by atoms with van der Waals surface area (Å²) in [5.74, 6) is -0.366. The largest absolute Gasteiger partial charge is 1.00 e. The lowest BCUT2D eigenvalue weighted by Crippen LogP contribution is -3.00. The molecule has 0 rings (SSSR count). The topological polar surface area (TPSA) is 79.2 Å². The van der Waals surface area contributed by atoms with Crippen LogP contribution in [0.2, 0.25) is 0 Å². The van der Waals surface area contributed by atoms with Crippen molar-refractivity contribution in [3.8, 4) is 0 Å². The second-order valence-electron chi connectivity index (χ2n) is 4.21. The normalized spacial score (nSPS) is 10.9. The van der Waals surface area contributed by atoms with Crippen LogP contribution < -0.4 is 12.4 Å². The Kier molecular flexibility index (Phi) is 10.7. The van der Waals surface area contributed by atoms with E-state index in [1.807, 2.05) is 21.1 Å². The van der Waals surface area contributed by atoms with E-state index >= 15 is 0 Å². The number of aliphatic hydroxyl groups is 2. The zero-order chi connectivity index (χ0) is 12.6. The van der Waals surface area contributed by atoms with E-state index in [9.17, 15) is 4.79 Å². The van der Waals surface area contributed by atoms with Gasteiger partial charge in [0.2, 0.25) is 0 Å². The lowest BCUT2D eigenvalue weighted by Gasteiger charge is -2.26. The Balaban J connectivity index is 0. The minimum absolute atomic E-state index is 0. The van der Waals surface area contributed by atoms with Gasteiger partial charge in [0.1, 0.15) is 13.2 Å². The van der Waals surface area contributed by atoms with Crippen LogP contribution in [-0.2, 0) is 14.5 Å². The van der Waals surface area contributed by atoms with Crippen LogP contribution >= 0.6 is 0 Å². The molecule has 1 amide bonds. The van der Waals surface area contributed by atoms with Crippen molar-refractivity contribution in [2.24, 2.45) is 0 Å². The zero-order valence-electron chi connectivity index (χ0n) is 10.4. The van der Waals surface area contributed by atoms with Gasteiger partial charge in [-0.2, -0.15) is 0 Å². The van der Waals surface area contributed by atoms with Crippen molar-refractivity contribution < 1.29 is 41.6 Å². The lowest BCUT2D eigenvalue weighted by molar-refractivity contribution is -0.863. The number of quaternary nitrogens is 1. The van der Waals surface area contributed by atoms with Crippen LogP contribution in [0.4, 0.5) is 0 Å². The Morgan fingerprint density at radius 2 is 1.53 bits per heavy atom. The second-order valence-corrected chi connectivity index (χ2v) is 4.21. The maximum Gasteiger partial charge on any atom is 0.327 e. The molecule has 0 aliphatic heterocycles. The predicted molar refractivity (Wildman–Crippen MR) is 55.8 cm³/mol. The summed E-state index contributed by atoms with van der Waals surface area (Å²) in [5, 5.41) is 17.9. The maximum atomic E-state index is 11.7. The highest BCUT2D eigenvalue weighted by Crippen LogP contribution is 1.99. The third-order valence-electron chi connectivity index (χ3n) is 1.41. The smallest absolute Gasteiger partial charge is 0.327 e. The Hall–Kier alpha value is -0.440. The molecule has 0 heterocycles. The molecule has 0 saturated heterocycles. The minimum Gasteiger partial charge on any atom is -1.00 e. The van der Waals surface area contributed by atoms with E-state index < -0.39 is 0 Å². The van der Waals surface area contributed by atoms with E-state index in [2.05, 4.69) is 0 Å². The molecule has 0 spiro atoms. The fraction of sp³-hybridized carbons (Fsp3) is 0.889. The van der Waals surface area contributed by atoms with E-state index in [1.54, 1.807) is 0 Å². The highest BCUT2D eigenvalue weighted by molar-refractivity contribution is 5.75. The van der Waals surface area contributed by atoms with Gasteiger partial charge in [0, 0.05) is 0 Å². The van der Waals surface area contributed by atoms with Crippen LogP contribution in [0.1, 0.15) is 0 Å². The number of rotatable bonds is 8. The van der Waals surface area contributed by atoms with Crippen molar-refractivity contribution in [2.45, 2.75) is 0 Å². The molecule has 0 aliphatic carbocycles. The van der Waals surface area contributed by atoms with Crippen LogP contribution in [0.3, 0.4) is 0 Å². The van der Waals surface area contributed by atoms with Gasteiger partial charge in [-0.25, -0.2) is 9.68 Å². The van der Waals surface area contributed by atoms with Crippen LogP contribution in [0.5, 0.6) is 0 Å². The number of aliphatic hydroxyl groups excluding tert-OH is 2. The lowest BCUT2D eigenvalue weighted by atomic mass is 10.5. The van der Waals surface area contributed by atoms with E-state index in [1.165, 1.54) is 0 Å².